The molecule has 272 valence electrons. The number of carbonyl (C=O) groups is 2. The van der Waals surface area contributed by atoms with Crippen LogP contribution in [0.15, 0.2) is 47.6 Å². The van der Waals surface area contributed by atoms with Crippen molar-refractivity contribution in [3.05, 3.63) is 86.5 Å². The second-order valence-corrected chi connectivity index (χ2v) is 22.4. The van der Waals surface area contributed by atoms with Crippen molar-refractivity contribution in [3.8, 4) is 0 Å². The van der Waals surface area contributed by atoms with Crippen molar-refractivity contribution < 1.29 is 43.4 Å². The molecule has 12 heteroatoms. The number of carbonyl (C=O) groups excluding carboxylic acids is 1. The van der Waals surface area contributed by atoms with Crippen LogP contribution in [0.2, 0.25) is 0 Å². The number of aliphatic carboxylic acids is 1. The molecule has 10 aromatic carbocycles. The van der Waals surface area contributed by atoms with Crippen LogP contribution in [0.25, 0.3) is 103 Å². The van der Waals surface area contributed by atoms with Crippen LogP contribution < -0.4 is 5.32 Å². The molecule has 0 aliphatic heterocycles. The Morgan fingerprint density at radius 1 is 0.632 bits per heavy atom. The van der Waals surface area contributed by atoms with E-state index in [0.717, 1.165) is 12.0 Å². The molecule has 57 heavy (non-hydrogen) atoms. The lowest BCUT2D eigenvalue weighted by atomic mass is 9.67. The number of nitrogens with one attached hydrogen (secondary N) is 1. The average molecular weight is 784 g/mol. The topological polar surface area (TPSA) is 181 Å². The second kappa shape index (κ2) is 7.60. The summed E-state index contributed by atoms with van der Waals surface area (Å²) in [6.07, 6.45) is 3.40. The molecule has 1 fully saturated rings. The van der Waals surface area contributed by atoms with E-state index >= 15 is 4.79 Å². The third-order valence-electron chi connectivity index (χ3n) is 16.5. The van der Waals surface area contributed by atoms with Gasteiger partial charge in [-0.1, -0.05) is 29.8 Å². The lowest BCUT2D eigenvalue weighted by molar-refractivity contribution is -0.142. The summed E-state index contributed by atoms with van der Waals surface area (Å²) in [6.45, 7) is 0. The van der Waals surface area contributed by atoms with E-state index in [0.29, 0.717) is 12.8 Å². The predicted octanol–water partition coefficient (Wildman–Crippen LogP) is 7.18. The minimum atomic E-state index is -5.47. The Hall–Kier alpha value is -5.18. The molecule has 7 aliphatic carbocycles. The number of carboxylic acids is 1. The molecule has 4 atom stereocenters. The quantitative estimate of drug-likeness (QED) is 0.0721. The van der Waals surface area contributed by atoms with Crippen LogP contribution in [-0.4, -0.2) is 48.0 Å². The standard InChI is InChI=1S/C45H23NO9P2/c47-42(46-20(43(48)49)10-21(56(50,51)52)57(53,54)55)41-44-19-8-17-7-16-5-12-1-11-2-14-3-13-4-15-6-18(9-19)39-34-25(15)24(13)29-26(14)28-22(11)23(12)30-27(16)35(38(17)44)37-33(30)31(28)32(29)36(34)40(37)45(39,41)44/h1-4,7,9,20-21,41H,5-6,8,10H2,(H,46,47)(H,48,49)(H2,50,51,52)(H2,53,54,55). The number of benzene rings is 6. The van der Waals surface area contributed by atoms with Gasteiger partial charge in [0.15, 0.2) is 5.40 Å². The van der Waals surface area contributed by atoms with Gasteiger partial charge < -0.3 is 30.0 Å². The van der Waals surface area contributed by atoms with Crippen molar-refractivity contribution in [1.29, 1.82) is 0 Å². The zero-order valence-electron chi connectivity index (χ0n) is 29.3. The second-order valence-electron chi connectivity index (χ2n) is 18.4. The minimum absolute atomic E-state index is 0.573. The van der Waals surface area contributed by atoms with E-state index in [9.17, 15) is 38.6 Å². The fourth-order valence-corrected chi connectivity index (χ4v) is 18.1. The highest BCUT2D eigenvalue weighted by Gasteiger charge is 2.89. The van der Waals surface area contributed by atoms with Gasteiger partial charge in [-0.05, 0) is 178 Å². The van der Waals surface area contributed by atoms with E-state index in [1.165, 1.54) is 147 Å². The monoisotopic (exact) mass is 783 g/mol. The van der Waals surface area contributed by atoms with Crippen LogP contribution in [0.1, 0.15) is 45.4 Å². The molecule has 0 bridgehead atoms. The lowest BCUT2D eigenvalue weighted by Gasteiger charge is -2.34. The average Bonchev–Trinajstić information content (AvgIpc) is 3.74. The first-order valence-corrected chi connectivity index (χ1v) is 22.8. The summed E-state index contributed by atoms with van der Waals surface area (Å²) in [5.74, 6) is -2.97. The molecule has 0 heterocycles. The molecule has 7 aliphatic rings. The van der Waals surface area contributed by atoms with Crippen LogP contribution in [0, 0.1) is 5.92 Å². The smallest absolute Gasteiger partial charge is 0.340 e. The van der Waals surface area contributed by atoms with Gasteiger partial charge in [-0.2, -0.15) is 0 Å². The maximum atomic E-state index is 15.4. The molecule has 2 spiro atoms. The van der Waals surface area contributed by atoms with Crippen molar-refractivity contribution in [2.75, 3.05) is 0 Å². The summed E-state index contributed by atoms with van der Waals surface area (Å²) in [5.41, 5.74) is 10.6. The fourth-order valence-electron chi connectivity index (χ4n) is 15.5. The van der Waals surface area contributed by atoms with E-state index in [1.54, 1.807) is 0 Å². The van der Waals surface area contributed by atoms with Crippen LogP contribution in [0.4, 0.5) is 0 Å². The molecule has 1 saturated carbocycles. The molecule has 1 amide bonds. The Morgan fingerprint density at radius 2 is 1.19 bits per heavy atom. The van der Waals surface area contributed by atoms with Gasteiger partial charge in [0.1, 0.15) is 6.04 Å². The van der Waals surface area contributed by atoms with Gasteiger partial charge in [-0.25, -0.2) is 4.79 Å². The van der Waals surface area contributed by atoms with Crippen LogP contribution >= 0.6 is 15.2 Å². The van der Waals surface area contributed by atoms with Crippen LogP contribution in [0.5, 0.6) is 0 Å². The Balaban J connectivity index is 1.06. The van der Waals surface area contributed by atoms with E-state index in [-0.39, 0.29) is 0 Å². The summed E-state index contributed by atoms with van der Waals surface area (Å²) in [4.78, 5) is 68.1. The van der Waals surface area contributed by atoms with Crippen molar-refractivity contribution in [1.82, 2.24) is 5.32 Å². The maximum Gasteiger partial charge on any atom is 0.340 e. The highest BCUT2D eigenvalue weighted by Crippen LogP contribution is 2.89. The lowest BCUT2D eigenvalue weighted by Crippen LogP contribution is -2.44. The molecule has 6 N–H and O–H groups in total. The molecule has 0 radical (unpaired) electrons. The van der Waals surface area contributed by atoms with Gasteiger partial charge in [0.05, 0.1) is 5.92 Å². The fraction of sp³-hybridized carbons (Fsp3) is 0.200. The zero-order valence-corrected chi connectivity index (χ0v) is 31.1. The minimum Gasteiger partial charge on any atom is -0.480 e. The van der Waals surface area contributed by atoms with Gasteiger partial charge in [0.25, 0.3) is 0 Å². The number of hydrogen-bond donors (Lipinski definition) is 6. The molecule has 17 rings (SSSR count). The number of carboxylic acid groups (broad SMARTS) is 1. The van der Waals surface area contributed by atoms with Crippen LogP contribution in [0.3, 0.4) is 0 Å². The zero-order chi connectivity index (χ0) is 37.8. The van der Waals surface area contributed by atoms with Gasteiger partial charge in [-0.15, -0.1) is 0 Å². The summed E-state index contributed by atoms with van der Waals surface area (Å²) < 4.78 is 24.7. The number of hydrogen-bond acceptors (Lipinski definition) is 4. The largest absolute Gasteiger partial charge is 0.480 e. The van der Waals surface area contributed by atoms with Crippen molar-refractivity contribution in [2.45, 2.75) is 48.0 Å². The highest BCUT2D eigenvalue weighted by atomic mass is 31.2. The summed E-state index contributed by atoms with van der Waals surface area (Å²) in [6, 6.07) is 10.0. The van der Waals surface area contributed by atoms with Gasteiger partial charge >= 0.3 is 21.2 Å². The van der Waals surface area contributed by atoms with Gasteiger partial charge in [0.2, 0.25) is 5.91 Å². The summed E-state index contributed by atoms with van der Waals surface area (Å²) >= 11 is 0. The van der Waals surface area contributed by atoms with E-state index in [2.05, 4.69) is 41.7 Å². The summed E-state index contributed by atoms with van der Waals surface area (Å²) in [7, 11) is -10.9. The Morgan fingerprint density at radius 3 is 1.91 bits per heavy atom. The first-order chi connectivity index (χ1) is 27.3. The van der Waals surface area contributed by atoms with E-state index < -0.39 is 61.7 Å². The molecule has 10 nitrogen and oxygen atoms in total. The number of allylic oxidation sites excluding steroid dienone is 4. The van der Waals surface area contributed by atoms with E-state index in [1.807, 2.05) is 0 Å². The molecule has 10 aromatic rings. The normalized spacial score (nSPS) is 25.1. The van der Waals surface area contributed by atoms with Crippen LogP contribution in [-0.2, 0) is 48.8 Å². The molecule has 0 saturated heterocycles. The third kappa shape index (κ3) is 2.38. The van der Waals surface area contributed by atoms with E-state index in [4.69, 9.17) is 0 Å². The van der Waals surface area contributed by atoms with Crippen molar-refractivity contribution in [2.24, 2.45) is 5.92 Å². The number of rotatable bonds is 7. The van der Waals surface area contributed by atoms with Gasteiger partial charge in [-0.3, -0.25) is 13.9 Å². The van der Waals surface area contributed by atoms with Gasteiger partial charge in [0, 0.05) is 17.3 Å². The van der Waals surface area contributed by atoms with Crippen molar-refractivity contribution >= 4 is 130 Å². The molecule has 4 unspecified atom stereocenters. The Labute approximate surface area is 317 Å². The first-order valence-electron chi connectivity index (χ1n) is 19.4. The SMILES string of the molecule is O=C(O)C(CC(P(=O)(O)O)P(=O)(O)O)NC(=O)C1C23C4=CC5=C6c7c8c(cc9cc%10cc%11cc%12c%13c%11c%11c%10c(c98)c8c7c(c7c9c2c(cc(c9c%13c7c8%11)C%12)C4)C613)C5. The molecular formula is C45H23NO9P2. The molecule has 0 aromatic heterocycles. The Kier molecular flexibility index (Phi) is 3.88. The van der Waals surface area contributed by atoms with Crippen molar-refractivity contribution in [3.63, 3.8) is 0 Å². The Bertz CT molecular complexity index is 4010. The first kappa shape index (κ1) is 29.1. The predicted molar refractivity (Wildman–Crippen MR) is 215 cm³/mol. The summed E-state index contributed by atoms with van der Waals surface area (Å²) in [5, 5.41) is 33.7. The highest BCUT2D eigenvalue weighted by molar-refractivity contribution is 7.70. The third-order valence-corrected chi connectivity index (χ3v) is 20.3. The number of amides is 1. The molecular weight excluding hydrogens is 760 g/mol. The maximum absolute atomic E-state index is 15.4.